The zero-order valence-corrected chi connectivity index (χ0v) is 12.3. The Bertz CT molecular complexity index is 638. The largest absolute Gasteiger partial charge is 0.389 e. The quantitative estimate of drug-likeness (QED) is 0.884. The summed E-state index contributed by atoms with van der Waals surface area (Å²) in [5.74, 6) is -0.376. The predicted octanol–water partition coefficient (Wildman–Crippen LogP) is 3.35. The molecule has 0 saturated carbocycles. The van der Waals surface area contributed by atoms with Crippen LogP contribution in [-0.2, 0) is 13.0 Å². The van der Waals surface area contributed by atoms with Crippen molar-refractivity contribution in [3.05, 3.63) is 45.9 Å². The Morgan fingerprint density at radius 3 is 2.50 bits per heavy atom. The van der Waals surface area contributed by atoms with Gasteiger partial charge in [-0.3, -0.25) is 4.79 Å². The molecule has 0 aliphatic heterocycles. The van der Waals surface area contributed by atoms with Gasteiger partial charge in [0.2, 0.25) is 0 Å². The highest BCUT2D eigenvalue weighted by Gasteiger charge is 2.26. The van der Waals surface area contributed by atoms with Gasteiger partial charge in [-0.05, 0) is 24.1 Å². The number of amides is 1. The van der Waals surface area contributed by atoms with E-state index in [2.05, 4.69) is 10.3 Å². The Kier molecular flexibility index (Phi) is 5.15. The molecule has 1 aromatic carbocycles. The van der Waals surface area contributed by atoms with Crippen LogP contribution >= 0.6 is 11.3 Å². The summed E-state index contributed by atoms with van der Waals surface area (Å²) in [6.07, 6.45) is -5.11. The number of aromatic nitrogens is 1. The standard InChI is InChI=1S/C14H14F3N3OS/c15-14(16,17)6-5-9-1-3-10(4-2-9)19-13(21)11-8-22-12(7-18)20-11/h1-4,8H,5-7,18H2,(H,19,21). The van der Waals surface area contributed by atoms with Crippen LogP contribution in [0.15, 0.2) is 29.6 Å². The lowest BCUT2D eigenvalue weighted by Crippen LogP contribution is -2.13. The van der Waals surface area contributed by atoms with Gasteiger partial charge in [0.05, 0.1) is 0 Å². The molecule has 0 saturated heterocycles. The lowest BCUT2D eigenvalue weighted by Gasteiger charge is -2.07. The number of nitrogens with two attached hydrogens (primary N) is 1. The van der Waals surface area contributed by atoms with Gasteiger partial charge in [-0.2, -0.15) is 13.2 Å². The molecule has 0 spiro atoms. The van der Waals surface area contributed by atoms with Gasteiger partial charge < -0.3 is 11.1 Å². The smallest absolute Gasteiger partial charge is 0.325 e. The minimum atomic E-state index is -4.17. The molecule has 0 aliphatic carbocycles. The second kappa shape index (κ2) is 6.89. The van der Waals surface area contributed by atoms with Gasteiger partial charge in [-0.15, -0.1) is 11.3 Å². The zero-order valence-electron chi connectivity index (χ0n) is 11.5. The Labute approximate surface area is 129 Å². The lowest BCUT2D eigenvalue weighted by molar-refractivity contribution is -0.133. The van der Waals surface area contributed by atoms with Crippen molar-refractivity contribution in [3.8, 4) is 0 Å². The van der Waals surface area contributed by atoms with Crippen LogP contribution in [0, 0.1) is 0 Å². The van der Waals surface area contributed by atoms with Gasteiger partial charge in [0.1, 0.15) is 10.7 Å². The number of aryl methyl sites for hydroxylation is 1. The fourth-order valence-electron chi connectivity index (χ4n) is 1.74. The molecule has 2 rings (SSSR count). The van der Waals surface area contributed by atoms with Gasteiger partial charge in [0, 0.05) is 24.0 Å². The third kappa shape index (κ3) is 4.81. The molecule has 2 aromatic rings. The van der Waals surface area contributed by atoms with Gasteiger partial charge >= 0.3 is 6.18 Å². The number of alkyl halides is 3. The van der Waals surface area contributed by atoms with Crippen LogP contribution < -0.4 is 11.1 Å². The average Bonchev–Trinajstić information content (AvgIpc) is 2.95. The fraction of sp³-hybridized carbons (Fsp3) is 0.286. The third-order valence-electron chi connectivity index (χ3n) is 2.87. The maximum absolute atomic E-state index is 12.1. The number of benzene rings is 1. The Morgan fingerprint density at radius 1 is 1.27 bits per heavy atom. The summed E-state index contributed by atoms with van der Waals surface area (Å²) in [5.41, 5.74) is 6.76. The highest BCUT2D eigenvalue weighted by molar-refractivity contribution is 7.09. The molecule has 1 amide bonds. The molecule has 0 bridgehead atoms. The number of carbonyl (C=O) groups excluding carboxylic acids is 1. The van der Waals surface area contributed by atoms with Crippen LogP contribution in [0.3, 0.4) is 0 Å². The molecule has 22 heavy (non-hydrogen) atoms. The van der Waals surface area contributed by atoms with Crippen LogP contribution in [0.4, 0.5) is 18.9 Å². The van der Waals surface area contributed by atoms with E-state index in [-0.39, 0.29) is 24.6 Å². The lowest BCUT2D eigenvalue weighted by atomic mass is 10.1. The van der Waals surface area contributed by atoms with E-state index in [9.17, 15) is 18.0 Å². The summed E-state index contributed by atoms with van der Waals surface area (Å²) in [4.78, 5) is 16.0. The van der Waals surface area contributed by atoms with E-state index < -0.39 is 12.6 Å². The molecule has 1 aromatic heterocycles. The summed E-state index contributed by atoms with van der Waals surface area (Å²) >= 11 is 1.30. The normalized spacial score (nSPS) is 11.5. The number of halogens is 3. The molecular formula is C14H14F3N3OS. The highest BCUT2D eigenvalue weighted by Crippen LogP contribution is 2.22. The summed E-state index contributed by atoms with van der Waals surface area (Å²) in [7, 11) is 0. The van der Waals surface area contributed by atoms with E-state index in [1.807, 2.05) is 0 Å². The molecule has 118 valence electrons. The Hall–Kier alpha value is -1.93. The van der Waals surface area contributed by atoms with Gasteiger partial charge in [0.25, 0.3) is 5.91 Å². The number of hydrogen-bond acceptors (Lipinski definition) is 4. The van der Waals surface area contributed by atoms with Crippen LogP contribution in [-0.4, -0.2) is 17.1 Å². The summed E-state index contributed by atoms with van der Waals surface area (Å²) in [5, 5.41) is 4.90. The minimum absolute atomic E-state index is 0.0797. The molecule has 8 heteroatoms. The van der Waals surface area contributed by atoms with Crippen molar-refractivity contribution in [1.82, 2.24) is 4.98 Å². The van der Waals surface area contributed by atoms with Gasteiger partial charge in [-0.25, -0.2) is 4.98 Å². The number of rotatable bonds is 5. The van der Waals surface area contributed by atoms with Crippen molar-refractivity contribution in [1.29, 1.82) is 0 Å². The average molecular weight is 329 g/mol. The Morgan fingerprint density at radius 2 is 1.95 bits per heavy atom. The van der Waals surface area contributed by atoms with Crippen molar-refractivity contribution in [2.45, 2.75) is 25.6 Å². The predicted molar refractivity (Wildman–Crippen MR) is 78.8 cm³/mol. The number of nitrogens with zero attached hydrogens (tertiary/aromatic N) is 1. The second-order valence-corrected chi connectivity index (χ2v) is 5.54. The van der Waals surface area contributed by atoms with Crippen molar-refractivity contribution in [2.75, 3.05) is 5.32 Å². The molecule has 0 unspecified atom stereocenters. The maximum atomic E-state index is 12.1. The molecule has 0 radical (unpaired) electrons. The van der Waals surface area contributed by atoms with E-state index in [0.717, 1.165) is 0 Å². The SMILES string of the molecule is NCc1nc(C(=O)Nc2ccc(CCC(F)(F)F)cc2)cs1. The summed E-state index contributed by atoms with van der Waals surface area (Å²) in [6, 6.07) is 6.26. The monoisotopic (exact) mass is 329 g/mol. The Balaban J connectivity index is 1.94. The number of hydrogen-bond donors (Lipinski definition) is 2. The number of carbonyl (C=O) groups is 1. The van der Waals surface area contributed by atoms with E-state index >= 15 is 0 Å². The zero-order chi connectivity index (χ0) is 16.2. The number of thiazole rings is 1. The van der Waals surface area contributed by atoms with Crippen LogP contribution in [0.25, 0.3) is 0 Å². The van der Waals surface area contributed by atoms with Crippen molar-refractivity contribution in [3.63, 3.8) is 0 Å². The van der Waals surface area contributed by atoms with E-state index in [1.54, 1.807) is 29.6 Å². The first-order valence-electron chi connectivity index (χ1n) is 6.49. The van der Waals surface area contributed by atoms with E-state index in [0.29, 0.717) is 16.3 Å². The van der Waals surface area contributed by atoms with Crippen LogP contribution in [0.5, 0.6) is 0 Å². The van der Waals surface area contributed by atoms with Crippen molar-refractivity contribution < 1.29 is 18.0 Å². The number of anilines is 1. The molecule has 4 nitrogen and oxygen atoms in total. The third-order valence-corrected chi connectivity index (χ3v) is 3.74. The molecule has 0 fully saturated rings. The molecular weight excluding hydrogens is 315 g/mol. The maximum Gasteiger partial charge on any atom is 0.389 e. The highest BCUT2D eigenvalue weighted by atomic mass is 32.1. The fourth-order valence-corrected chi connectivity index (χ4v) is 2.40. The van der Waals surface area contributed by atoms with E-state index in [4.69, 9.17) is 5.73 Å². The first-order chi connectivity index (χ1) is 10.4. The van der Waals surface area contributed by atoms with E-state index in [1.165, 1.54) is 11.3 Å². The van der Waals surface area contributed by atoms with Gasteiger partial charge in [0.15, 0.2) is 0 Å². The summed E-state index contributed by atoms with van der Waals surface area (Å²) < 4.78 is 36.4. The van der Waals surface area contributed by atoms with Crippen LogP contribution in [0.1, 0.15) is 27.5 Å². The molecule has 1 heterocycles. The number of nitrogens with one attached hydrogen (secondary N) is 1. The first-order valence-corrected chi connectivity index (χ1v) is 7.37. The van der Waals surface area contributed by atoms with Crippen molar-refractivity contribution in [2.24, 2.45) is 5.73 Å². The van der Waals surface area contributed by atoms with Crippen molar-refractivity contribution >= 4 is 22.9 Å². The second-order valence-electron chi connectivity index (χ2n) is 4.60. The minimum Gasteiger partial charge on any atom is -0.325 e. The first kappa shape index (κ1) is 16.4. The molecule has 0 atom stereocenters. The molecule has 3 N–H and O–H groups in total. The molecule has 0 aliphatic rings. The van der Waals surface area contributed by atoms with Crippen LogP contribution in [0.2, 0.25) is 0 Å². The van der Waals surface area contributed by atoms with Gasteiger partial charge in [-0.1, -0.05) is 12.1 Å². The topological polar surface area (TPSA) is 68.0 Å². The summed E-state index contributed by atoms with van der Waals surface area (Å²) in [6.45, 7) is 0.270.